The molecule has 2 heterocycles. The molecule has 0 bridgehead atoms. The average molecular weight is 472 g/mol. The van der Waals surface area contributed by atoms with E-state index in [4.69, 9.17) is 11.6 Å². The summed E-state index contributed by atoms with van der Waals surface area (Å²) >= 11 is 6.57. The molecule has 0 aliphatic carbocycles. The summed E-state index contributed by atoms with van der Waals surface area (Å²) in [5, 5.41) is 4.84. The highest BCUT2D eigenvalue weighted by Crippen LogP contribution is 2.26. The van der Waals surface area contributed by atoms with Crippen molar-refractivity contribution in [3.05, 3.63) is 71.5 Å². The molecular weight excluding hydrogens is 446 g/mol. The van der Waals surface area contributed by atoms with Gasteiger partial charge in [-0.1, -0.05) is 54.1 Å². The Morgan fingerprint density at radius 3 is 2.50 bits per heavy atom. The largest absolute Gasteiger partial charge is 0.344 e. The molecule has 1 fully saturated rings. The van der Waals surface area contributed by atoms with Gasteiger partial charge in [-0.25, -0.2) is 9.00 Å². The van der Waals surface area contributed by atoms with Crippen molar-refractivity contribution < 1.29 is 9.00 Å². The van der Waals surface area contributed by atoms with Gasteiger partial charge in [0.15, 0.2) is 0 Å². The Hall–Kier alpha value is -2.81. The molecular formula is C23H26ClN5O2S. The minimum absolute atomic E-state index is 0.199. The molecule has 0 spiro atoms. The van der Waals surface area contributed by atoms with Crippen molar-refractivity contribution in [2.45, 2.75) is 6.54 Å². The third-order valence-corrected chi connectivity index (χ3v) is 6.33. The van der Waals surface area contributed by atoms with Gasteiger partial charge in [-0.3, -0.25) is 4.90 Å². The number of anilines is 1. The van der Waals surface area contributed by atoms with E-state index in [0.717, 1.165) is 41.3 Å². The molecule has 1 N–H and O–H groups in total. The van der Waals surface area contributed by atoms with Gasteiger partial charge in [0.2, 0.25) is 0 Å². The topological polar surface area (TPSA) is 70.5 Å². The lowest BCUT2D eigenvalue weighted by atomic mass is 10.0. The van der Waals surface area contributed by atoms with E-state index in [0.29, 0.717) is 18.8 Å². The zero-order chi connectivity index (χ0) is 22.7. The molecule has 7 nitrogen and oxygen atoms in total. The lowest BCUT2D eigenvalue weighted by Gasteiger charge is -2.34. The maximum atomic E-state index is 12.7. The summed E-state index contributed by atoms with van der Waals surface area (Å²) in [6, 6.07) is 16.2. The number of carbonyl (C=O) groups is 1. The third-order valence-electron chi connectivity index (χ3n) is 5.31. The van der Waals surface area contributed by atoms with Crippen LogP contribution in [0.3, 0.4) is 0 Å². The molecule has 2 aromatic carbocycles. The second-order valence-electron chi connectivity index (χ2n) is 8.00. The van der Waals surface area contributed by atoms with Crippen LogP contribution in [0.2, 0.25) is 5.02 Å². The number of benzene rings is 2. The number of piperazine rings is 1. The minimum Gasteiger partial charge on any atom is -0.320 e. The zero-order valence-electron chi connectivity index (χ0n) is 17.9. The first-order valence-corrected chi connectivity index (χ1v) is 12.8. The van der Waals surface area contributed by atoms with E-state index in [9.17, 15) is 9.00 Å². The summed E-state index contributed by atoms with van der Waals surface area (Å²) in [6.07, 6.45) is 4.51. The highest BCUT2D eigenvalue weighted by molar-refractivity contribution is 8.00. The van der Waals surface area contributed by atoms with Crippen molar-refractivity contribution in [2.75, 3.05) is 37.2 Å². The van der Waals surface area contributed by atoms with Crippen molar-refractivity contribution in [1.82, 2.24) is 19.6 Å². The smallest absolute Gasteiger partial charge is 0.320 e. The predicted molar refractivity (Wildman–Crippen MR) is 132 cm³/mol. The van der Waals surface area contributed by atoms with Crippen LogP contribution in [0.5, 0.6) is 0 Å². The molecule has 1 unspecified atom stereocenters. The lowest BCUT2D eigenvalue weighted by molar-refractivity contribution is 0.134. The van der Waals surface area contributed by atoms with E-state index in [1.165, 1.54) is 23.3 Å². The van der Waals surface area contributed by atoms with Gasteiger partial charge in [0.25, 0.3) is 0 Å². The lowest BCUT2D eigenvalue weighted by Crippen LogP contribution is -2.49. The molecule has 0 radical (unpaired) electrons. The van der Waals surface area contributed by atoms with Gasteiger partial charge in [-0.2, -0.15) is 9.78 Å². The number of nitrogens with zero attached hydrogens (tertiary/aromatic N) is 4. The Labute approximate surface area is 193 Å². The van der Waals surface area contributed by atoms with Gasteiger partial charge in [-0.15, -0.1) is 0 Å². The highest BCUT2D eigenvalue weighted by Gasteiger charge is 2.23. The van der Waals surface area contributed by atoms with Crippen molar-refractivity contribution in [2.24, 2.45) is 0 Å². The van der Waals surface area contributed by atoms with Crippen LogP contribution in [0.1, 0.15) is 5.56 Å². The molecule has 1 saturated heterocycles. The molecule has 1 aliphatic heterocycles. The fraction of sp³-hybridized carbons (Fsp3) is 0.261. The Bertz CT molecular complexity index is 1200. The summed E-state index contributed by atoms with van der Waals surface area (Å²) in [4.78, 5) is 16.8. The number of hydrogen-bond acceptors (Lipinski definition) is 4. The van der Waals surface area contributed by atoms with E-state index in [2.05, 4.69) is 44.9 Å². The molecule has 1 atom stereocenters. The number of amides is 1. The van der Waals surface area contributed by atoms with Crippen LogP contribution in [-0.4, -0.2) is 68.1 Å². The second-order valence-corrected chi connectivity index (χ2v) is 10.6. The van der Waals surface area contributed by atoms with Crippen molar-refractivity contribution >= 4 is 38.9 Å². The SMILES string of the molecule is C=S(C)(=O)Nc1cnn(C(=O)N2CCN(Cc3ccc(-c4ccccc4)cc3Cl)CC2)c1. The van der Waals surface area contributed by atoms with Gasteiger partial charge in [0.05, 0.1) is 18.1 Å². The predicted octanol–water partition coefficient (Wildman–Crippen LogP) is 3.66. The molecule has 1 aliphatic rings. The summed E-state index contributed by atoms with van der Waals surface area (Å²) in [6.45, 7) is 3.43. The number of rotatable bonds is 5. The van der Waals surface area contributed by atoms with Gasteiger partial charge in [0.1, 0.15) is 0 Å². The Morgan fingerprint density at radius 2 is 1.84 bits per heavy atom. The van der Waals surface area contributed by atoms with Crippen molar-refractivity contribution in [1.29, 1.82) is 0 Å². The molecule has 1 amide bonds. The second kappa shape index (κ2) is 9.36. The summed E-state index contributed by atoms with van der Waals surface area (Å²) in [5.74, 6) is 3.55. The first-order chi connectivity index (χ1) is 15.3. The van der Waals surface area contributed by atoms with Crippen LogP contribution >= 0.6 is 11.6 Å². The van der Waals surface area contributed by atoms with Gasteiger partial charge >= 0.3 is 6.03 Å². The first kappa shape index (κ1) is 22.4. The van der Waals surface area contributed by atoms with Crippen molar-refractivity contribution in [3.8, 4) is 11.1 Å². The maximum Gasteiger partial charge on any atom is 0.344 e. The number of hydrogen-bond donors (Lipinski definition) is 1. The first-order valence-electron chi connectivity index (χ1n) is 10.3. The Kier molecular flexibility index (Phi) is 6.55. The monoisotopic (exact) mass is 471 g/mol. The molecule has 1 aromatic heterocycles. The van der Waals surface area contributed by atoms with Crippen LogP contribution in [0.15, 0.2) is 60.9 Å². The van der Waals surface area contributed by atoms with E-state index in [-0.39, 0.29) is 6.03 Å². The van der Waals surface area contributed by atoms with Gasteiger partial charge in [-0.05, 0) is 28.6 Å². The van der Waals surface area contributed by atoms with Crippen LogP contribution in [0.25, 0.3) is 11.1 Å². The highest BCUT2D eigenvalue weighted by atomic mass is 35.5. The molecule has 9 heteroatoms. The van der Waals surface area contributed by atoms with Gasteiger partial charge in [0, 0.05) is 53.7 Å². The normalized spacial score (nSPS) is 16.5. The van der Waals surface area contributed by atoms with Crippen LogP contribution in [0.4, 0.5) is 10.5 Å². The van der Waals surface area contributed by atoms with E-state index < -0.39 is 9.71 Å². The number of nitrogens with one attached hydrogen (secondary N) is 1. The number of carbonyl (C=O) groups excluding carboxylic acids is 1. The fourth-order valence-corrected chi connectivity index (χ4v) is 4.54. The molecule has 0 saturated carbocycles. The summed E-state index contributed by atoms with van der Waals surface area (Å²) < 4.78 is 15.8. The number of aromatic nitrogens is 2. The molecule has 168 valence electrons. The molecule has 4 rings (SSSR count). The van der Waals surface area contributed by atoms with Gasteiger partial charge < -0.3 is 9.62 Å². The van der Waals surface area contributed by atoms with Crippen LogP contribution in [-0.2, 0) is 16.3 Å². The Balaban J connectivity index is 1.33. The molecule has 3 aromatic rings. The number of halogens is 1. The average Bonchev–Trinajstić information content (AvgIpc) is 3.22. The molecule has 32 heavy (non-hydrogen) atoms. The summed E-state index contributed by atoms with van der Waals surface area (Å²) in [5.41, 5.74) is 3.82. The standard InChI is InChI=1S/C23H26ClN5O2S/c1-32(2,31)26-21-15-25-29(17-21)23(30)28-12-10-27(11-13-28)16-20-9-8-19(14-22(20)24)18-6-4-3-5-7-18/h3-9,14-15,17H,1,10-13,16H2,2H3,(H,26,31). The zero-order valence-corrected chi connectivity index (χ0v) is 19.5. The van der Waals surface area contributed by atoms with Crippen LogP contribution in [0, 0.1) is 0 Å². The van der Waals surface area contributed by atoms with E-state index >= 15 is 0 Å². The quantitative estimate of drug-likeness (QED) is 0.576. The minimum atomic E-state index is -2.42. The Morgan fingerprint density at radius 1 is 1.12 bits per heavy atom. The fourth-order valence-electron chi connectivity index (χ4n) is 3.70. The van der Waals surface area contributed by atoms with Crippen molar-refractivity contribution in [3.63, 3.8) is 0 Å². The third kappa shape index (κ3) is 5.51. The van der Waals surface area contributed by atoms with E-state index in [1.54, 1.807) is 4.90 Å². The van der Waals surface area contributed by atoms with Crippen LogP contribution < -0.4 is 4.72 Å². The summed E-state index contributed by atoms with van der Waals surface area (Å²) in [7, 11) is -2.42. The maximum absolute atomic E-state index is 12.7. The van der Waals surface area contributed by atoms with E-state index in [1.807, 2.05) is 24.3 Å².